The van der Waals surface area contributed by atoms with Crippen LogP contribution in [0.1, 0.15) is 6.42 Å². The summed E-state index contributed by atoms with van der Waals surface area (Å²) in [6.45, 7) is 0. The van der Waals surface area contributed by atoms with E-state index in [1.54, 1.807) is 6.08 Å². The van der Waals surface area contributed by atoms with Crippen LogP contribution < -0.4 is 5.32 Å². The lowest BCUT2D eigenvalue weighted by Gasteiger charge is -2.22. The molecule has 94 valence electrons. The van der Waals surface area contributed by atoms with Crippen molar-refractivity contribution in [3.05, 3.63) is 23.9 Å². The van der Waals surface area contributed by atoms with Crippen LogP contribution in [0.5, 0.6) is 0 Å². The summed E-state index contributed by atoms with van der Waals surface area (Å²) >= 11 is 5.90. The summed E-state index contributed by atoms with van der Waals surface area (Å²) in [5.74, 6) is -1.59. The smallest absolute Gasteiger partial charge is 0.328 e. The quantitative estimate of drug-likeness (QED) is 0.598. The van der Waals surface area contributed by atoms with Gasteiger partial charge in [0, 0.05) is 17.8 Å². The minimum atomic E-state index is -4.54. The van der Waals surface area contributed by atoms with Gasteiger partial charge in [-0.1, -0.05) is 12.2 Å². The molecule has 1 aliphatic rings. The van der Waals surface area contributed by atoms with Gasteiger partial charge in [-0.3, -0.25) is 4.79 Å². The molecule has 2 N–H and O–H groups in total. The predicted octanol–water partition coefficient (Wildman–Crippen LogP) is 2.38. The molecule has 0 bridgehead atoms. The molecule has 0 saturated heterocycles. The zero-order valence-electron chi connectivity index (χ0n) is 8.59. The highest BCUT2D eigenvalue weighted by atomic mass is 35.5. The maximum atomic E-state index is 11.9. The van der Waals surface area contributed by atoms with E-state index in [1.807, 2.05) is 0 Å². The van der Waals surface area contributed by atoms with Crippen LogP contribution in [0, 0.1) is 11.3 Å². The Hall–Kier alpha value is -1.30. The molecule has 17 heavy (non-hydrogen) atoms. The van der Waals surface area contributed by atoms with Gasteiger partial charge in [-0.2, -0.15) is 13.2 Å². The normalized spacial score (nSPS) is 24.1. The summed E-state index contributed by atoms with van der Waals surface area (Å²) in [6.07, 6.45) is -0.435. The number of hydrogen-bond donors (Lipinski definition) is 2. The number of nitrogens with one attached hydrogen (secondary N) is 2. The van der Waals surface area contributed by atoms with Crippen molar-refractivity contribution in [3.8, 4) is 0 Å². The SMILES string of the molecule is N=CC1C=CC=C(NC(=O)CC(F)(F)F)C1Cl. The maximum Gasteiger partial charge on any atom is 0.397 e. The molecule has 3 nitrogen and oxygen atoms in total. The molecule has 1 aliphatic carbocycles. The summed E-state index contributed by atoms with van der Waals surface area (Å²) in [5.41, 5.74) is 0.178. The van der Waals surface area contributed by atoms with Crippen LogP contribution in [0.25, 0.3) is 0 Å². The molecule has 0 radical (unpaired) electrons. The van der Waals surface area contributed by atoms with Gasteiger partial charge in [-0.15, -0.1) is 11.6 Å². The van der Waals surface area contributed by atoms with Gasteiger partial charge in [-0.05, 0) is 6.08 Å². The standard InChI is InChI=1S/C10H10ClF3N2O/c11-9-6(5-15)2-1-3-7(9)16-8(17)4-10(12,13)14/h1-3,5-6,9,15H,4H2,(H,16,17). The van der Waals surface area contributed by atoms with Gasteiger partial charge in [0.25, 0.3) is 0 Å². The van der Waals surface area contributed by atoms with Crippen molar-refractivity contribution in [1.82, 2.24) is 5.32 Å². The average Bonchev–Trinajstić information content (AvgIpc) is 2.18. The Bertz CT molecular complexity index is 376. The Morgan fingerprint density at radius 3 is 2.76 bits per heavy atom. The molecule has 0 saturated carbocycles. The molecule has 0 heterocycles. The fourth-order valence-electron chi connectivity index (χ4n) is 1.32. The van der Waals surface area contributed by atoms with Crippen molar-refractivity contribution in [2.45, 2.75) is 18.0 Å². The van der Waals surface area contributed by atoms with Gasteiger partial charge >= 0.3 is 6.18 Å². The average molecular weight is 267 g/mol. The number of carbonyl (C=O) groups is 1. The number of rotatable bonds is 3. The van der Waals surface area contributed by atoms with Crippen molar-refractivity contribution >= 4 is 23.7 Å². The Labute approximate surface area is 101 Å². The largest absolute Gasteiger partial charge is 0.397 e. The number of alkyl halides is 4. The minimum Gasteiger partial charge on any atom is -0.328 e. The van der Waals surface area contributed by atoms with E-state index >= 15 is 0 Å². The molecular weight excluding hydrogens is 257 g/mol. The number of amides is 1. The highest BCUT2D eigenvalue weighted by Crippen LogP contribution is 2.23. The number of allylic oxidation sites excluding steroid dienone is 4. The molecule has 0 aromatic rings. The lowest BCUT2D eigenvalue weighted by molar-refractivity contribution is -0.153. The Kier molecular flexibility index (Phi) is 4.34. The van der Waals surface area contributed by atoms with Gasteiger partial charge < -0.3 is 10.7 Å². The zero-order chi connectivity index (χ0) is 13.1. The first-order chi connectivity index (χ1) is 7.83. The zero-order valence-corrected chi connectivity index (χ0v) is 9.35. The third kappa shape index (κ3) is 4.22. The number of hydrogen-bond acceptors (Lipinski definition) is 2. The van der Waals surface area contributed by atoms with Crippen molar-refractivity contribution in [2.24, 2.45) is 5.92 Å². The monoisotopic (exact) mass is 266 g/mol. The molecule has 0 aliphatic heterocycles. The highest BCUT2D eigenvalue weighted by Gasteiger charge is 2.32. The Morgan fingerprint density at radius 1 is 1.59 bits per heavy atom. The van der Waals surface area contributed by atoms with Gasteiger partial charge in [0.15, 0.2) is 0 Å². The second-order valence-corrected chi connectivity index (χ2v) is 3.96. The molecule has 7 heteroatoms. The second-order valence-electron chi connectivity index (χ2n) is 3.49. The molecule has 1 amide bonds. The summed E-state index contributed by atoms with van der Waals surface area (Å²) in [4.78, 5) is 11.1. The van der Waals surface area contributed by atoms with Crippen molar-refractivity contribution < 1.29 is 18.0 Å². The summed E-state index contributed by atoms with van der Waals surface area (Å²) in [6, 6.07) is 0. The van der Waals surface area contributed by atoms with Crippen LogP contribution in [-0.4, -0.2) is 23.7 Å². The van der Waals surface area contributed by atoms with Crippen molar-refractivity contribution in [1.29, 1.82) is 5.41 Å². The molecular formula is C10H10ClF3N2O. The van der Waals surface area contributed by atoms with Crippen LogP contribution in [0.3, 0.4) is 0 Å². The molecule has 0 aromatic carbocycles. The van der Waals surface area contributed by atoms with E-state index in [9.17, 15) is 18.0 Å². The topological polar surface area (TPSA) is 53.0 Å². The number of carbonyl (C=O) groups excluding carboxylic acids is 1. The van der Waals surface area contributed by atoms with E-state index in [2.05, 4.69) is 5.32 Å². The summed E-state index contributed by atoms with van der Waals surface area (Å²) in [7, 11) is 0. The maximum absolute atomic E-state index is 11.9. The fraction of sp³-hybridized carbons (Fsp3) is 0.400. The van der Waals surface area contributed by atoms with Crippen LogP contribution in [-0.2, 0) is 4.79 Å². The first kappa shape index (κ1) is 13.8. The lowest BCUT2D eigenvalue weighted by atomic mass is 9.99. The third-order valence-corrected chi connectivity index (χ3v) is 2.61. The van der Waals surface area contributed by atoms with Gasteiger partial charge in [0.05, 0.1) is 5.38 Å². The van der Waals surface area contributed by atoms with Crippen LogP contribution >= 0.6 is 11.6 Å². The van der Waals surface area contributed by atoms with Gasteiger partial charge in [0.2, 0.25) is 5.91 Å². The van der Waals surface area contributed by atoms with Gasteiger partial charge in [-0.25, -0.2) is 0 Å². The summed E-state index contributed by atoms with van der Waals surface area (Å²) < 4.78 is 35.8. The highest BCUT2D eigenvalue weighted by molar-refractivity contribution is 6.24. The number of halogens is 4. The molecule has 2 atom stereocenters. The second kappa shape index (κ2) is 5.35. The van der Waals surface area contributed by atoms with E-state index < -0.39 is 29.8 Å². The first-order valence-electron chi connectivity index (χ1n) is 4.73. The van der Waals surface area contributed by atoms with Crippen LogP contribution in [0.4, 0.5) is 13.2 Å². The predicted molar refractivity (Wildman–Crippen MR) is 58.0 cm³/mol. The third-order valence-electron chi connectivity index (χ3n) is 2.08. The minimum absolute atomic E-state index is 0.178. The van der Waals surface area contributed by atoms with Crippen LogP contribution in [0.15, 0.2) is 23.9 Å². The van der Waals surface area contributed by atoms with Crippen LogP contribution in [0.2, 0.25) is 0 Å². The Morgan fingerprint density at radius 2 is 2.24 bits per heavy atom. The summed E-state index contributed by atoms with van der Waals surface area (Å²) in [5, 5.41) is 8.44. The van der Waals surface area contributed by atoms with E-state index in [0.717, 1.165) is 6.21 Å². The molecule has 0 aromatic heterocycles. The molecule has 0 spiro atoms. The van der Waals surface area contributed by atoms with Gasteiger partial charge in [0.1, 0.15) is 6.42 Å². The van der Waals surface area contributed by atoms with E-state index in [0.29, 0.717) is 0 Å². The Balaban J connectivity index is 2.63. The first-order valence-corrected chi connectivity index (χ1v) is 5.17. The van der Waals surface area contributed by atoms with Crippen molar-refractivity contribution in [3.63, 3.8) is 0 Å². The molecule has 1 rings (SSSR count). The van der Waals surface area contributed by atoms with E-state index in [4.69, 9.17) is 17.0 Å². The fourth-order valence-corrected chi connectivity index (χ4v) is 1.61. The van der Waals surface area contributed by atoms with E-state index in [-0.39, 0.29) is 5.70 Å². The lowest BCUT2D eigenvalue weighted by Crippen LogP contribution is -2.34. The van der Waals surface area contributed by atoms with E-state index in [1.165, 1.54) is 12.2 Å². The molecule has 2 unspecified atom stereocenters. The van der Waals surface area contributed by atoms with Crippen molar-refractivity contribution in [2.75, 3.05) is 0 Å². The molecule has 0 fully saturated rings.